The number of rotatable bonds is 3. The molecular weight excluding hydrogens is 244 g/mol. The van der Waals surface area contributed by atoms with Crippen LogP contribution < -0.4 is 5.73 Å². The van der Waals surface area contributed by atoms with Crippen molar-refractivity contribution >= 4 is 16.7 Å². The van der Waals surface area contributed by atoms with Gasteiger partial charge in [0.1, 0.15) is 5.82 Å². The van der Waals surface area contributed by atoms with Crippen LogP contribution in [0.5, 0.6) is 0 Å². The molecule has 0 saturated carbocycles. The van der Waals surface area contributed by atoms with Crippen LogP contribution in [0.25, 0.3) is 11.0 Å². The highest BCUT2D eigenvalue weighted by Crippen LogP contribution is 2.16. The maximum absolute atomic E-state index is 9.13. The van der Waals surface area contributed by atoms with Crippen LogP contribution in [-0.4, -0.2) is 52.4 Å². The number of fused-ring (bicyclic) bond motifs is 1. The van der Waals surface area contributed by atoms with E-state index in [0.29, 0.717) is 6.61 Å². The second-order valence-corrected chi connectivity index (χ2v) is 4.87. The Labute approximate surface area is 111 Å². The van der Waals surface area contributed by atoms with E-state index in [1.807, 2.05) is 18.2 Å². The van der Waals surface area contributed by atoms with Gasteiger partial charge < -0.3 is 20.6 Å². The van der Waals surface area contributed by atoms with Gasteiger partial charge in [0.15, 0.2) is 0 Å². The van der Waals surface area contributed by atoms with Crippen molar-refractivity contribution in [1.29, 1.82) is 0 Å². The first kappa shape index (κ1) is 12.4. The van der Waals surface area contributed by atoms with E-state index in [-0.39, 0.29) is 12.7 Å². The molecule has 1 unspecified atom stereocenters. The molecule has 1 aliphatic heterocycles. The molecule has 0 radical (unpaired) electrons. The lowest BCUT2D eigenvalue weighted by Gasteiger charge is -2.31. The zero-order chi connectivity index (χ0) is 13.2. The van der Waals surface area contributed by atoms with Crippen molar-refractivity contribution < 1.29 is 9.84 Å². The number of H-pyrrole nitrogens is 1. The lowest BCUT2D eigenvalue weighted by Crippen LogP contribution is -2.43. The van der Waals surface area contributed by atoms with E-state index in [9.17, 15) is 0 Å². The van der Waals surface area contributed by atoms with Gasteiger partial charge in [-0.25, -0.2) is 4.98 Å². The first-order valence-corrected chi connectivity index (χ1v) is 6.43. The highest BCUT2D eigenvalue weighted by molar-refractivity contribution is 5.78. The van der Waals surface area contributed by atoms with Gasteiger partial charge in [-0.2, -0.15) is 0 Å². The Morgan fingerprint density at radius 2 is 2.42 bits per heavy atom. The van der Waals surface area contributed by atoms with E-state index in [1.54, 1.807) is 0 Å². The van der Waals surface area contributed by atoms with Gasteiger partial charge in [-0.15, -0.1) is 0 Å². The first-order chi connectivity index (χ1) is 9.24. The average molecular weight is 262 g/mol. The highest BCUT2D eigenvalue weighted by atomic mass is 16.5. The smallest absolute Gasteiger partial charge is 0.121 e. The molecule has 0 amide bonds. The number of aliphatic hydroxyl groups excluding tert-OH is 1. The van der Waals surface area contributed by atoms with Gasteiger partial charge in [-0.1, -0.05) is 0 Å². The molecule has 1 atom stereocenters. The minimum Gasteiger partial charge on any atom is -0.399 e. The van der Waals surface area contributed by atoms with Crippen LogP contribution in [0.4, 0.5) is 5.69 Å². The van der Waals surface area contributed by atoms with E-state index < -0.39 is 0 Å². The standard InChI is InChI=1S/C13H18N4O2/c14-9-1-2-11-12(5-9)16-13(15-11)7-17-3-4-19-10(6-17)8-18/h1-2,5,10,18H,3-4,6-8,14H2,(H,15,16). The van der Waals surface area contributed by atoms with Gasteiger partial charge in [-0.3, -0.25) is 4.90 Å². The predicted octanol–water partition coefficient (Wildman–Crippen LogP) is 0.338. The monoisotopic (exact) mass is 262 g/mol. The summed E-state index contributed by atoms with van der Waals surface area (Å²) in [5.41, 5.74) is 8.37. The van der Waals surface area contributed by atoms with Gasteiger partial charge in [0, 0.05) is 18.8 Å². The molecule has 1 saturated heterocycles. The summed E-state index contributed by atoms with van der Waals surface area (Å²) in [5.74, 6) is 0.916. The molecule has 102 valence electrons. The zero-order valence-corrected chi connectivity index (χ0v) is 10.7. The molecule has 1 aromatic heterocycles. The molecule has 1 fully saturated rings. The number of nitrogens with two attached hydrogens (primary N) is 1. The summed E-state index contributed by atoms with van der Waals surface area (Å²) in [6.07, 6.45) is -0.0891. The van der Waals surface area contributed by atoms with Crippen LogP contribution in [0.2, 0.25) is 0 Å². The van der Waals surface area contributed by atoms with E-state index in [1.165, 1.54) is 0 Å². The van der Waals surface area contributed by atoms with Crippen LogP contribution in [0.3, 0.4) is 0 Å². The molecule has 6 nitrogen and oxygen atoms in total. The molecule has 0 aliphatic carbocycles. The summed E-state index contributed by atoms with van der Waals surface area (Å²) < 4.78 is 5.43. The number of aliphatic hydroxyl groups is 1. The maximum Gasteiger partial charge on any atom is 0.121 e. The van der Waals surface area contributed by atoms with Gasteiger partial charge in [0.05, 0.1) is 36.9 Å². The van der Waals surface area contributed by atoms with Crippen molar-refractivity contribution in [2.75, 3.05) is 32.0 Å². The number of benzene rings is 1. The third-order valence-corrected chi connectivity index (χ3v) is 3.35. The second kappa shape index (κ2) is 5.16. The second-order valence-electron chi connectivity index (χ2n) is 4.87. The van der Waals surface area contributed by atoms with Gasteiger partial charge in [0.2, 0.25) is 0 Å². The number of anilines is 1. The van der Waals surface area contributed by atoms with Crippen molar-refractivity contribution in [1.82, 2.24) is 14.9 Å². The quantitative estimate of drug-likeness (QED) is 0.694. The zero-order valence-electron chi connectivity index (χ0n) is 10.7. The Balaban J connectivity index is 1.74. The molecule has 6 heteroatoms. The largest absolute Gasteiger partial charge is 0.399 e. The molecule has 19 heavy (non-hydrogen) atoms. The van der Waals surface area contributed by atoms with Crippen LogP contribution in [0.15, 0.2) is 18.2 Å². The molecular formula is C13H18N4O2. The van der Waals surface area contributed by atoms with Crippen molar-refractivity contribution in [3.05, 3.63) is 24.0 Å². The fourth-order valence-electron chi connectivity index (χ4n) is 2.40. The molecule has 3 rings (SSSR count). The predicted molar refractivity (Wildman–Crippen MR) is 72.6 cm³/mol. The van der Waals surface area contributed by atoms with Crippen LogP contribution >= 0.6 is 0 Å². The van der Waals surface area contributed by atoms with Gasteiger partial charge >= 0.3 is 0 Å². The Morgan fingerprint density at radius 3 is 3.26 bits per heavy atom. The Hall–Kier alpha value is -1.63. The molecule has 2 aromatic rings. The summed E-state index contributed by atoms with van der Waals surface area (Å²) in [7, 11) is 0. The third-order valence-electron chi connectivity index (χ3n) is 3.35. The van der Waals surface area contributed by atoms with Crippen molar-refractivity contribution in [2.24, 2.45) is 0 Å². The minimum atomic E-state index is -0.0891. The lowest BCUT2D eigenvalue weighted by molar-refractivity contribution is -0.0556. The summed E-state index contributed by atoms with van der Waals surface area (Å²) in [4.78, 5) is 10.1. The SMILES string of the molecule is Nc1ccc2nc(CN3CCOC(CO)C3)[nH]c2c1. The number of aromatic nitrogens is 2. The number of aromatic amines is 1. The molecule has 2 heterocycles. The Bertz CT molecular complexity index is 569. The molecule has 4 N–H and O–H groups in total. The number of hydrogen-bond acceptors (Lipinski definition) is 5. The van der Waals surface area contributed by atoms with E-state index in [2.05, 4.69) is 14.9 Å². The van der Waals surface area contributed by atoms with Crippen molar-refractivity contribution in [2.45, 2.75) is 12.6 Å². The molecule has 0 spiro atoms. The van der Waals surface area contributed by atoms with Crippen LogP contribution in [-0.2, 0) is 11.3 Å². The molecule has 1 aromatic carbocycles. The average Bonchev–Trinajstić information content (AvgIpc) is 2.80. The number of ether oxygens (including phenoxy) is 1. The fourth-order valence-corrected chi connectivity index (χ4v) is 2.40. The Morgan fingerprint density at radius 1 is 1.53 bits per heavy atom. The van der Waals surface area contributed by atoms with Gasteiger partial charge in [0.25, 0.3) is 0 Å². The van der Waals surface area contributed by atoms with E-state index in [0.717, 1.165) is 42.2 Å². The topological polar surface area (TPSA) is 87.4 Å². The van der Waals surface area contributed by atoms with E-state index >= 15 is 0 Å². The fraction of sp³-hybridized carbons (Fsp3) is 0.462. The van der Waals surface area contributed by atoms with Crippen LogP contribution in [0, 0.1) is 0 Å². The molecule has 0 bridgehead atoms. The van der Waals surface area contributed by atoms with Gasteiger partial charge in [-0.05, 0) is 18.2 Å². The maximum atomic E-state index is 9.13. The number of imidazole rings is 1. The number of morpholine rings is 1. The molecule has 1 aliphatic rings. The number of nitrogens with one attached hydrogen (secondary N) is 1. The highest BCUT2D eigenvalue weighted by Gasteiger charge is 2.20. The van der Waals surface area contributed by atoms with Crippen LogP contribution in [0.1, 0.15) is 5.82 Å². The first-order valence-electron chi connectivity index (χ1n) is 6.43. The minimum absolute atomic E-state index is 0.0627. The summed E-state index contributed by atoms with van der Waals surface area (Å²) >= 11 is 0. The third kappa shape index (κ3) is 2.70. The normalized spacial score (nSPS) is 21.0. The summed E-state index contributed by atoms with van der Waals surface area (Å²) in [6, 6.07) is 5.66. The number of hydrogen-bond donors (Lipinski definition) is 3. The van der Waals surface area contributed by atoms with E-state index in [4.69, 9.17) is 15.6 Å². The number of nitrogen functional groups attached to an aromatic ring is 1. The summed E-state index contributed by atoms with van der Waals surface area (Å²) in [5, 5.41) is 9.13. The summed E-state index contributed by atoms with van der Waals surface area (Å²) in [6.45, 7) is 3.03. The number of nitrogens with zero attached hydrogens (tertiary/aromatic N) is 2. The van der Waals surface area contributed by atoms with Crippen molar-refractivity contribution in [3.63, 3.8) is 0 Å². The van der Waals surface area contributed by atoms with Crippen molar-refractivity contribution in [3.8, 4) is 0 Å². The Kier molecular flexibility index (Phi) is 3.37. The lowest BCUT2D eigenvalue weighted by atomic mass is 10.3.